The Morgan fingerprint density at radius 3 is 2.41 bits per heavy atom. The maximum atomic E-state index is 12.6. The van der Waals surface area contributed by atoms with Gasteiger partial charge in [-0.2, -0.15) is 23.7 Å². The second-order valence-electron chi connectivity index (χ2n) is 2.94. The first-order valence-electron chi connectivity index (χ1n) is 4.10. The lowest BCUT2D eigenvalue weighted by atomic mass is 10.2. The summed E-state index contributed by atoms with van der Waals surface area (Å²) in [5.74, 6) is 0. The van der Waals surface area contributed by atoms with Gasteiger partial charge in [0.05, 0.1) is 10.5 Å². The van der Waals surface area contributed by atoms with Gasteiger partial charge in [0, 0.05) is 7.05 Å². The number of nitriles is 2. The molecule has 17 heavy (non-hydrogen) atoms. The Morgan fingerprint density at radius 2 is 2.00 bits per heavy atom. The molecular formula is C9H4F3N3OS. The van der Waals surface area contributed by atoms with Crippen LogP contribution in [0.5, 0.6) is 0 Å². The summed E-state index contributed by atoms with van der Waals surface area (Å²) < 4.78 is 38.4. The smallest absolute Gasteiger partial charge is 0.301 e. The van der Waals surface area contributed by atoms with Crippen LogP contribution in [0.25, 0.3) is 0 Å². The third-order valence-electron chi connectivity index (χ3n) is 1.95. The maximum absolute atomic E-state index is 12.6. The number of hydrogen-bond donors (Lipinski definition) is 0. The Morgan fingerprint density at radius 1 is 1.41 bits per heavy atom. The van der Waals surface area contributed by atoms with Crippen LogP contribution in [0.4, 0.5) is 13.2 Å². The van der Waals surface area contributed by atoms with Gasteiger partial charge in [0.15, 0.2) is 0 Å². The molecule has 0 aliphatic rings. The first-order valence-corrected chi connectivity index (χ1v) is 4.91. The van der Waals surface area contributed by atoms with Crippen molar-refractivity contribution in [3.63, 3.8) is 0 Å². The third kappa shape index (κ3) is 2.43. The van der Waals surface area contributed by atoms with Gasteiger partial charge in [-0.15, -0.1) is 0 Å². The number of pyridine rings is 1. The van der Waals surface area contributed by atoms with Gasteiger partial charge < -0.3 is 4.57 Å². The fourth-order valence-electron chi connectivity index (χ4n) is 1.18. The van der Waals surface area contributed by atoms with Crippen molar-refractivity contribution in [2.24, 2.45) is 7.05 Å². The fraction of sp³-hybridized carbons (Fsp3) is 0.222. The Balaban J connectivity index is 3.68. The minimum Gasteiger partial charge on any atom is -0.301 e. The summed E-state index contributed by atoms with van der Waals surface area (Å²) in [4.78, 5) is 11.1. The number of alkyl halides is 3. The summed E-state index contributed by atoms with van der Waals surface area (Å²) in [5.41, 5.74) is -2.80. The molecule has 1 aromatic rings. The lowest BCUT2D eigenvalue weighted by Crippen LogP contribution is -2.25. The van der Waals surface area contributed by atoms with Crippen LogP contribution < -0.4 is 5.56 Å². The molecule has 1 rings (SSSR count). The molecule has 0 saturated carbocycles. The SMILES string of the molecule is Cn1c(C#N)c(C(F)(F)F)cc(SC#N)c1=O. The van der Waals surface area contributed by atoms with Crippen molar-refractivity contribution >= 4 is 11.8 Å². The molecule has 0 radical (unpaired) electrons. The summed E-state index contributed by atoms with van der Waals surface area (Å²) in [6.07, 6.45) is -4.75. The van der Waals surface area contributed by atoms with Crippen molar-refractivity contribution < 1.29 is 13.2 Å². The molecule has 0 saturated heterocycles. The number of hydrogen-bond acceptors (Lipinski definition) is 4. The molecule has 0 aliphatic heterocycles. The molecule has 0 aliphatic carbocycles. The highest BCUT2D eigenvalue weighted by Crippen LogP contribution is 2.32. The lowest BCUT2D eigenvalue weighted by Gasteiger charge is -2.12. The number of aromatic nitrogens is 1. The molecule has 88 valence electrons. The van der Waals surface area contributed by atoms with Gasteiger partial charge in [0.2, 0.25) is 0 Å². The molecule has 0 aromatic carbocycles. The largest absolute Gasteiger partial charge is 0.419 e. The standard InChI is InChI=1S/C9H4F3N3OS/c1-15-6(3-13)5(9(10,11)12)2-7(8(15)16)17-4-14/h2H,1H3. The molecule has 0 unspecified atom stereocenters. The highest BCUT2D eigenvalue weighted by molar-refractivity contribution is 8.03. The minimum atomic E-state index is -4.75. The normalized spacial score (nSPS) is 10.7. The van der Waals surface area contributed by atoms with Crippen LogP contribution in [-0.2, 0) is 13.2 Å². The van der Waals surface area contributed by atoms with Crippen LogP contribution >= 0.6 is 11.8 Å². The average Bonchev–Trinajstić information content (AvgIpc) is 2.23. The van der Waals surface area contributed by atoms with Gasteiger partial charge in [-0.05, 0) is 17.8 Å². The van der Waals surface area contributed by atoms with E-state index in [1.165, 1.54) is 11.5 Å². The monoisotopic (exact) mass is 259 g/mol. The van der Waals surface area contributed by atoms with Crippen molar-refractivity contribution in [2.75, 3.05) is 0 Å². The van der Waals surface area contributed by atoms with Gasteiger partial charge >= 0.3 is 6.18 Å². The van der Waals surface area contributed by atoms with Gasteiger partial charge in [0.1, 0.15) is 17.2 Å². The van der Waals surface area contributed by atoms with E-state index in [2.05, 4.69) is 0 Å². The Hall–Kier alpha value is -1.93. The van der Waals surface area contributed by atoms with E-state index in [-0.39, 0.29) is 4.90 Å². The minimum absolute atomic E-state index is 0.328. The van der Waals surface area contributed by atoms with Crippen LogP contribution in [0.1, 0.15) is 11.3 Å². The van der Waals surface area contributed by atoms with Gasteiger partial charge in [-0.1, -0.05) is 0 Å². The first-order chi connectivity index (χ1) is 7.82. The summed E-state index contributed by atoms with van der Waals surface area (Å²) in [6.45, 7) is 0. The number of thiocyanates is 1. The number of nitrogens with zero attached hydrogens (tertiary/aromatic N) is 3. The molecule has 0 atom stereocenters. The van der Waals surface area contributed by atoms with Crippen molar-refractivity contribution in [3.05, 3.63) is 27.7 Å². The zero-order valence-electron chi connectivity index (χ0n) is 8.37. The van der Waals surface area contributed by atoms with Crippen LogP contribution in [0.2, 0.25) is 0 Å². The maximum Gasteiger partial charge on any atom is 0.419 e. The second-order valence-corrected chi connectivity index (χ2v) is 3.76. The summed E-state index contributed by atoms with van der Waals surface area (Å²) in [5, 5.41) is 18.5. The predicted octanol–water partition coefficient (Wildman–Crippen LogP) is 1.85. The zero-order valence-corrected chi connectivity index (χ0v) is 9.19. The summed E-state index contributed by atoms with van der Waals surface area (Å²) in [6, 6.07) is 1.85. The van der Waals surface area contributed by atoms with Crippen LogP contribution in [0, 0.1) is 22.0 Å². The molecule has 1 aromatic heterocycles. The van der Waals surface area contributed by atoms with Crippen LogP contribution in [0.15, 0.2) is 15.8 Å². The molecular weight excluding hydrogens is 255 g/mol. The van der Waals surface area contributed by atoms with Crippen LogP contribution in [0.3, 0.4) is 0 Å². The lowest BCUT2D eigenvalue weighted by molar-refractivity contribution is -0.138. The van der Waals surface area contributed by atoms with Crippen LogP contribution in [-0.4, -0.2) is 4.57 Å². The van der Waals surface area contributed by atoms with E-state index in [1.54, 1.807) is 0 Å². The average molecular weight is 259 g/mol. The van der Waals surface area contributed by atoms with E-state index in [0.29, 0.717) is 22.4 Å². The van der Waals surface area contributed by atoms with Crippen molar-refractivity contribution in [2.45, 2.75) is 11.1 Å². The van der Waals surface area contributed by atoms with E-state index < -0.39 is 23.0 Å². The molecule has 0 amide bonds. The van der Waals surface area contributed by atoms with Crippen molar-refractivity contribution in [1.82, 2.24) is 4.57 Å². The highest BCUT2D eigenvalue weighted by Gasteiger charge is 2.36. The highest BCUT2D eigenvalue weighted by atomic mass is 32.2. The van der Waals surface area contributed by atoms with E-state index in [9.17, 15) is 18.0 Å². The zero-order chi connectivity index (χ0) is 13.2. The quantitative estimate of drug-likeness (QED) is 0.570. The number of halogens is 3. The van der Waals surface area contributed by atoms with Crippen molar-refractivity contribution in [3.8, 4) is 11.5 Å². The molecule has 4 nitrogen and oxygen atoms in total. The number of rotatable bonds is 1. The first kappa shape index (κ1) is 13.1. The fourth-order valence-corrected chi connectivity index (χ4v) is 1.68. The van der Waals surface area contributed by atoms with Gasteiger partial charge in [-0.25, -0.2) is 0 Å². The Bertz CT molecular complexity index is 592. The molecule has 0 fully saturated rings. The van der Waals surface area contributed by atoms with Crippen molar-refractivity contribution in [1.29, 1.82) is 10.5 Å². The molecule has 0 N–H and O–H groups in total. The molecule has 0 spiro atoms. The second kappa shape index (κ2) is 4.52. The Kier molecular flexibility index (Phi) is 3.49. The molecule has 0 bridgehead atoms. The van der Waals surface area contributed by atoms with E-state index >= 15 is 0 Å². The molecule has 8 heteroatoms. The summed E-state index contributed by atoms with van der Waals surface area (Å²) >= 11 is 0.328. The van der Waals surface area contributed by atoms with Gasteiger partial charge in [-0.3, -0.25) is 4.79 Å². The van der Waals surface area contributed by atoms with E-state index in [0.717, 1.165) is 7.05 Å². The Labute approximate surface area is 97.9 Å². The predicted molar refractivity (Wildman–Crippen MR) is 52.9 cm³/mol. The topological polar surface area (TPSA) is 69.6 Å². The summed E-state index contributed by atoms with van der Waals surface area (Å²) in [7, 11) is 1.05. The van der Waals surface area contributed by atoms with E-state index in [1.807, 2.05) is 0 Å². The number of thioether (sulfide) groups is 1. The van der Waals surface area contributed by atoms with Gasteiger partial charge in [0.25, 0.3) is 5.56 Å². The molecule has 1 heterocycles. The third-order valence-corrected chi connectivity index (χ3v) is 2.55. The van der Waals surface area contributed by atoms with E-state index in [4.69, 9.17) is 10.5 Å².